The average Bonchev–Trinajstić information content (AvgIpc) is 2.50. The van der Waals surface area contributed by atoms with Crippen LogP contribution in [0, 0.1) is 5.82 Å². The van der Waals surface area contributed by atoms with E-state index in [1.54, 1.807) is 18.2 Å². The van der Waals surface area contributed by atoms with Gasteiger partial charge in [-0.3, -0.25) is 9.59 Å². The van der Waals surface area contributed by atoms with Crippen molar-refractivity contribution in [2.24, 2.45) is 5.73 Å². The molecule has 0 aliphatic carbocycles. The van der Waals surface area contributed by atoms with Crippen LogP contribution in [0.25, 0.3) is 0 Å². The zero-order valence-corrected chi connectivity index (χ0v) is 13.8. The lowest BCUT2D eigenvalue weighted by molar-refractivity contribution is -0.122. The smallest absolute Gasteiger partial charge is 0.265 e. The van der Waals surface area contributed by atoms with Gasteiger partial charge in [-0.1, -0.05) is 28.1 Å². The van der Waals surface area contributed by atoms with Gasteiger partial charge in [0.2, 0.25) is 0 Å². The van der Waals surface area contributed by atoms with E-state index in [0.29, 0.717) is 4.47 Å². The van der Waals surface area contributed by atoms with E-state index in [-0.39, 0.29) is 17.0 Å². The highest BCUT2D eigenvalue weighted by molar-refractivity contribution is 9.10. The van der Waals surface area contributed by atoms with Crippen molar-refractivity contribution in [1.29, 1.82) is 0 Å². The normalized spacial score (nSPS) is 11.6. The number of amides is 2. The lowest BCUT2D eigenvalue weighted by Gasteiger charge is -2.16. The summed E-state index contributed by atoms with van der Waals surface area (Å²) in [5, 5.41) is 2.43. The van der Waals surface area contributed by atoms with E-state index in [9.17, 15) is 14.0 Å². The van der Waals surface area contributed by atoms with Gasteiger partial charge in [-0.15, -0.1) is 0 Å². The summed E-state index contributed by atoms with van der Waals surface area (Å²) in [6, 6.07) is 10.6. The first-order chi connectivity index (χ1) is 10.9. The fourth-order valence-corrected chi connectivity index (χ4v) is 2.18. The molecule has 120 valence electrons. The van der Waals surface area contributed by atoms with Crippen molar-refractivity contribution >= 4 is 33.4 Å². The van der Waals surface area contributed by atoms with Crippen LogP contribution in [0.2, 0.25) is 0 Å². The second-order valence-electron chi connectivity index (χ2n) is 4.73. The molecule has 5 nitrogen and oxygen atoms in total. The molecule has 2 aromatic rings. The highest BCUT2D eigenvalue weighted by atomic mass is 79.9. The predicted octanol–water partition coefficient (Wildman–Crippen LogP) is 3.09. The molecular weight excluding hydrogens is 367 g/mol. The Kier molecular flexibility index (Phi) is 5.33. The molecule has 0 aromatic heterocycles. The second-order valence-corrected chi connectivity index (χ2v) is 5.65. The molecule has 1 atom stereocenters. The van der Waals surface area contributed by atoms with Crippen molar-refractivity contribution < 1.29 is 18.7 Å². The van der Waals surface area contributed by atoms with Gasteiger partial charge in [-0.05, 0) is 37.3 Å². The predicted molar refractivity (Wildman–Crippen MR) is 87.8 cm³/mol. The fourth-order valence-electron chi connectivity index (χ4n) is 1.84. The van der Waals surface area contributed by atoms with Crippen LogP contribution >= 0.6 is 15.9 Å². The number of ether oxygens (including phenoxy) is 1. The fraction of sp³-hybridized carbons (Fsp3) is 0.125. The SMILES string of the molecule is C[C@@H](Oc1ccccc1C(N)=O)C(=O)Nc1ccc(Br)cc1F. The lowest BCUT2D eigenvalue weighted by atomic mass is 10.2. The molecule has 0 spiro atoms. The Balaban J connectivity index is 2.10. The van der Waals surface area contributed by atoms with Gasteiger partial charge in [0, 0.05) is 4.47 Å². The summed E-state index contributed by atoms with van der Waals surface area (Å²) in [5.74, 6) is -1.59. The molecule has 0 fully saturated rings. The van der Waals surface area contributed by atoms with E-state index in [0.717, 1.165) is 0 Å². The van der Waals surface area contributed by atoms with E-state index in [2.05, 4.69) is 21.2 Å². The standard InChI is InChI=1S/C16H14BrFN2O3/c1-9(23-14-5-3-2-4-11(14)15(19)21)16(22)20-13-7-6-10(17)8-12(13)18/h2-9H,1H3,(H2,19,21)(H,20,22)/t9-/m1/s1. The number of hydrogen-bond acceptors (Lipinski definition) is 3. The molecule has 0 radical (unpaired) electrons. The summed E-state index contributed by atoms with van der Waals surface area (Å²) in [5.41, 5.74) is 5.46. The Labute approximate surface area is 140 Å². The van der Waals surface area contributed by atoms with Crippen LogP contribution in [0.5, 0.6) is 5.75 Å². The number of anilines is 1. The third-order valence-corrected chi connectivity index (χ3v) is 3.51. The van der Waals surface area contributed by atoms with Crippen molar-refractivity contribution in [2.75, 3.05) is 5.32 Å². The number of nitrogens with one attached hydrogen (secondary N) is 1. The number of para-hydroxylation sites is 1. The number of rotatable bonds is 5. The van der Waals surface area contributed by atoms with Crippen LogP contribution < -0.4 is 15.8 Å². The molecule has 2 aromatic carbocycles. The van der Waals surface area contributed by atoms with Crippen molar-refractivity contribution in [3.63, 3.8) is 0 Å². The van der Waals surface area contributed by atoms with Gasteiger partial charge < -0.3 is 15.8 Å². The number of primary amides is 1. The van der Waals surface area contributed by atoms with E-state index in [1.807, 2.05) is 0 Å². The average molecular weight is 381 g/mol. The molecule has 0 saturated carbocycles. The number of nitrogens with two attached hydrogens (primary N) is 1. The molecule has 2 amide bonds. The van der Waals surface area contributed by atoms with Gasteiger partial charge in [0.15, 0.2) is 6.10 Å². The minimum absolute atomic E-state index is 0.0387. The third-order valence-electron chi connectivity index (χ3n) is 3.01. The van der Waals surface area contributed by atoms with Crippen molar-refractivity contribution in [3.8, 4) is 5.75 Å². The summed E-state index contributed by atoms with van der Waals surface area (Å²) in [7, 11) is 0. The molecule has 0 unspecified atom stereocenters. The van der Waals surface area contributed by atoms with E-state index >= 15 is 0 Å². The Morgan fingerprint density at radius 1 is 1.26 bits per heavy atom. The van der Waals surface area contributed by atoms with Crippen LogP contribution in [0.3, 0.4) is 0 Å². The molecular formula is C16H14BrFN2O3. The van der Waals surface area contributed by atoms with Crippen LogP contribution in [-0.2, 0) is 4.79 Å². The van der Waals surface area contributed by atoms with E-state index in [1.165, 1.54) is 31.2 Å². The number of hydrogen-bond donors (Lipinski definition) is 2. The Bertz CT molecular complexity index is 752. The van der Waals surface area contributed by atoms with Gasteiger partial charge in [0.25, 0.3) is 11.8 Å². The number of halogens is 2. The quantitative estimate of drug-likeness (QED) is 0.835. The van der Waals surface area contributed by atoms with Gasteiger partial charge in [-0.25, -0.2) is 4.39 Å². The Morgan fingerprint density at radius 3 is 2.61 bits per heavy atom. The maximum absolute atomic E-state index is 13.7. The largest absolute Gasteiger partial charge is 0.480 e. The zero-order valence-electron chi connectivity index (χ0n) is 12.2. The first-order valence-electron chi connectivity index (χ1n) is 6.70. The Morgan fingerprint density at radius 2 is 1.96 bits per heavy atom. The number of benzene rings is 2. The van der Waals surface area contributed by atoms with Crippen LogP contribution in [0.15, 0.2) is 46.9 Å². The first-order valence-corrected chi connectivity index (χ1v) is 7.49. The first kappa shape index (κ1) is 17.0. The zero-order chi connectivity index (χ0) is 17.0. The molecule has 0 heterocycles. The summed E-state index contributed by atoms with van der Waals surface area (Å²) in [6.07, 6.45) is -0.946. The van der Waals surface area contributed by atoms with Gasteiger partial charge >= 0.3 is 0 Å². The van der Waals surface area contributed by atoms with Crippen molar-refractivity contribution in [3.05, 3.63) is 58.3 Å². The minimum atomic E-state index is -0.946. The van der Waals surface area contributed by atoms with Gasteiger partial charge in [0.05, 0.1) is 11.3 Å². The minimum Gasteiger partial charge on any atom is -0.480 e. The summed E-state index contributed by atoms with van der Waals surface area (Å²) in [4.78, 5) is 23.4. The van der Waals surface area contributed by atoms with Gasteiger partial charge in [-0.2, -0.15) is 0 Å². The monoisotopic (exact) mass is 380 g/mol. The highest BCUT2D eigenvalue weighted by Gasteiger charge is 2.19. The van der Waals surface area contributed by atoms with E-state index in [4.69, 9.17) is 10.5 Å². The maximum atomic E-state index is 13.7. The topological polar surface area (TPSA) is 81.4 Å². The third kappa shape index (κ3) is 4.29. The van der Waals surface area contributed by atoms with Crippen molar-refractivity contribution in [1.82, 2.24) is 0 Å². The number of carbonyl (C=O) groups is 2. The molecule has 23 heavy (non-hydrogen) atoms. The molecule has 0 aliphatic heterocycles. The number of carbonyl (C=O) groups excluding carboxylic acids is 2. The van der Waals surface area contributed by atoms with Crippen LogP contribution in [-0.4, -0.2) is 17.9 Å². The van der Waals surface area contributed by atoms with Crippen LogP contribution in [0.1, 0.15) is 17.3 Å². The Hall–Kier alpha value is -2.41. The molecule has 3 N–H and O–H groups in total. The molecule has 7 heteroatoms. The van der Waals surface area contributed by atoms with Crippen molar-refractivity contribution in [2.45, 2.75) is 13.0 Å². The highest BCUT2D eigenvalue weighted by Crippen LogP contribution is 2.21. The summed E-state index contributed by atoms with van der Waals surface area (Å²) >= 11 is 3.14. The molecule has 0 saturated heterocycles. The maximum Gasteiger partial charge on any atom is 0.265 e. The summed E-state index contributed by atoms with van der Waals surface area (Å²) < 4.78 is 19.7. The van der Waals surface area contributed by atoms with Gasteiger partial charge in [0.1, 0.15) is 11.6 Å². The molecule has 2 rings (SSSR count). The lowest BCUT2D eigenvalue weighted by Crippen LogP contribution is -2.31. The second kappa shape index (κ2) is 7.23. The van der Waals surface area contributed by atoms with E-state index < -0.39 is 23.7 Å². The molecule has 0 aliphatic rings. The molecule has 0 bridgehead atoms. The van der Waals surface area contributed by atoms with Crippen LogP contribution in [0.4, 0.5) is 10.1 Å². The summed E-state index contributed by atoms with van der Waals surface area (Å²) in [6.45, 7) is 1.49.